The molecule has 78 valence electrons. The van der Waals surface area contributed by atoms with Gasteiger partial charge in [-0.1, -0.05) is 0 Å². The molecule has 0 saturated carbocycles. The third-order valence-electron chi connectivity index (χ3n) is 2.26. The average molecular weight is 188 g/mol. The molecule has 1 aliphatic rings. The van der Waals surface area contributed by atoms with Crippen molar-refractivity contribution in [2.45, 2.75) is 12.8 Å². The topological polar surface area (TPSA) is 42.5 Å². The van der Waals surface area contributed by atoms with E-state index in [-0.39, 0.29) is 0 Å². The predicted octanol–water partition coefficient (Wildman–Crippen LogP) is 0.154. The van der Waals surface area contributed by atoms with E-state index in [1.165, 1.54) is 19.4 Å². The largest absolute Gasteiger partial charge is 0.382 e. The lowest BCUT2D eigenvalue weighted by atomic mass is 10.0. The Kier molecular flexibility index (Phi) is 6.10. The van der Waals surface area contributed by atoms with Crippen molar-refractivity contribution in [3.05, 3.63) is 0 Å². The Morgan fingerprint density at radius 3 is 3.08 bits per heavy atom. The Morgan fingerprint density at radius 1 is 1.46 bits per heavy atom. The molecule has 4 nitrogen and oxygen atoms in total. The third kappa shape index (κ3) is 5.21. The third-order valence-corrected chi connectivity index (χ3v) is 2.26. The molecule has 1 heterocycles. The number of hydrogen-bond donors (Lipinski definition) is 2. The zero-order chi connectivity index (χ0) is 9.36. The first-order valence-corrected chi connectivity index (χ1v) is 4.98. The maximum absolute atomic E-state index is 5.17. The van der Waals surface area contributed by atoms with E-state index < -0.39 is 0 Å². The zero-order valence-corrected chi connectivity index (χ0v) is 8.34. The van der Waals surface area contributed by atoms with Crippen LogP contribution in [0.15, 0.2) is 0 Å². The summed E-state index contributed by atoms with van der Waals surface area (Å²) >= 11 is 0. The maximum Gasteiger partial charge on any atom is 0.0915 e. The Morgan fingerprint density at radius 2 is 2.38 bits per heavy atom. The van der Waals surface area contributed by atoms with Crippen LogP contribution in [0.1, 0.15) is 12.8 Å². The number of hydroxylamine groups is 1. The highest BCUT2D eigenvalue weighted by Gasteiger charge is 2.11. The second kappa shape index (κ2) is 7.26. The normalized spacial score (nSPS) is 23.3. The fraction of sp³-hybridized carbons (Fsp3) is 1.00. The zero-order valence-electron chi connectivity index (χ0n) is 8.34. The molecule has 1 aliphatic heterocycles. The summed E-state index contributed by atoms with van der Waals surface area (Å²) in [5, 5.41) is 3.37. The van der Waals surface area contributed by atoms with E-state index in [1.54, 1.807) is 7.11 Å². The summed E-state index contributed by atoms with van der Waals surface area (Å²) in [6.45, 7) is 4.49. The Hall–Kier alpha value is -0.160. The van der Waals surface area contributed by atoms with Gasteiger partial charge in [-0.15, -0.1) is 0 Å². The van der Waals surface area contributed by atoms with Gasteiger partial charge in [-0.25, -0.2) is 5.48 Å². The summed E-state index contributed by atoms with van der Waals surface area (Å²) in [7, 11) is 1.68. The van der Waals surface area contributed by atoms with Gasteiger partial charge in [0.05, 0.1) is 13.2 Å². The monoisotopic (exact) mass is 188 g/mol. The van der Waals surface area contributed by atoms with Crippen molar-refractivity contribution >= 4 is 0 Å². The molecule has 0 aliphatic carbocycles. The molecule has 1 unspecified atom stereocenters. The van der Waals surface area contributed by atoms with E-state index in [4.69, 9.17) is 9.57 Å². The highest BCUT2D eigenvalue weighted by molar-refractivity contribution is 4.69. The molecule has 1 fully saturated rings. The molecule has 0 amide bonds. The molecule has 1 rings (SSSR count). The van der Waals surface area contributed by atoms with Crippen molar-refractivity contribution in [3.8, 4) is 0 Å². The number of nitrogens with one attached hydrogen (secondary N) is 2. The highest BCUT2D eigenvalue weighted by atomic mass is 16.7. The number of rotatable bonds is 6. The summed E-state index contributed by atoms with van der Waals surface area (Å²) in [6.07, 6.45) is 2.58. The van der Waals surface area contributed by atoms with Crippen LogP contribution >= 0.6 is 0 Å². The fourth-order valence-corrected chi connectivity index (χ4v) is 1.47. The standard InChI is InChI=1S/C9H20N2O2/c1-12-5-6-13-11-8-9-3-2-4-10-7-9/h9-11H,2-8H2,1H3. The van der Waals surface area contributed by atoms with Crippen LogP contribution in [-0.2, 0) is 9.57 Å². The fourth-order valence-electron chi connectivity index (χ4n) is 1.47. The summed E-state index contributed by atoms with van der Waals surface area (Å²) < 4.78 is 4.86. The van der Waals surface area contributed by atoms with Gasteiger partial charge in [-0.05, 0) is 31.8 Å². The first-order valence-electron chi connectivity index (χ1n) is 4.98. The van der Waals surface area contributed by atoms with Crippen molar-refractivity contribution in [3.63, 3.8) is 0 Å². The molecular weight excluding hydrogens is 168 g/mol. The second-order valence-corrected chi connectivity index (χ2v) is 3.40. The molecule has 2 N–H and O–H groups in total. The smallest absolute Gasteiger partial charge is 0.0915 e. The molecule has 0 bridgehead atoms. The minimum atomic E-state index is 0.622. The van der Waals surface area contributed by atoms with Crippen LogP contribution in [0.2, 0.25) is 0 Å². The van der Waals surface area contributed by atoms with Crippen LogP contribution in [0.5, 0.6) is 0 Å². The van der Waals surface area contributed by atoms with Gasteiger partial charge >= 0.3 is 0 Å². The summed E-state index contributed by atoms with van der Waals surface area (Å²) in [5.74, 6) is 0.719. The number of methoxy groups -OCH3 is 1. The van der Waals surface area contributed by atoms with E-state index >= 15 is 0 Å². The number of ether oxygens (including phenoxy) is 1. The van der Waals surface area contributed by atoms with Crippen LogP contribution in [0, 0.1) is 5.92 Å². The van der Waals surface area contributed by atoms with Gasteiger partial charge in [-0.3, -0.25) is 4.84 Å². The first kappa shape index (κ1) is 10.9. The minimum absolute atomic E-state index is 0.622. The van der Waals surface area contributed by atoms with Gasteiger partial charge in [0.15, 0.2) is 0 Å². The lowest BCUT2D eigenvalue weighted by Crippen LogP contribution is -2.36. The van der Waals surface area contributed by atoms with E-state index in [1.807, 2.05) is 0 Å². The molecule has 0 radical (unpaired) electrons. The molecule has 13 heavy (non-hydrogen) atoms. The SMILES string of the molecule is COCCONCC1CCCNC1. The molecule has 0 aromatic carbocycles. The lowest BCUT2D eigenvalue weighted by molar-refractivity contribution is -0.000502. The average Bonchev–Trinajstić information content (AvgIpc) is 2.19. The van der Waals surface area contributed by atoms with Crippen LogP contribution in [-0.4, -0.2) is 40.0 Å². The van der Waals surface area contributed by atoms with Crippen molar-refractivity contribution in [1.29, 1.82) is 0 Å². The second-order valence-electron chi connectivity index (χ2n) is 3.40. The summed E-state index contributed by atoms with van der Waals surface area (Å²) in [4.78, 5) is 5.17. The molecule has 0 aromatic rings. The van der Waals surface area contributed by atoms with Gasteiger partial charge in [0.25, 0.3) is 0 Å². The summed E-state index contributed by atoms with van der Waals surface area (Å²) in [5.41, 5.74) is 2.97. The first-order chi connectivity index (χ1) is 6.43. The van der Waals surface area contributed by atoms with E-state index in [2.05, 4.69) is 10.8 Å². The van der Waals surface area contributed by atoms with Gasteiger partial charge in [0, 0.05) is 13.7 Å². The van der Waals surface area contributed by atoms with Crippen LogP contribution in [0.3, 0.4) is 0 Å². The van der Waals surface area contributed by atoms with Crippen molar-refractivity contribution in [1.82, 2.24) is 10.8 Å². The van der Waals surface area contributed by atoms with Crippen molar-refractivity contribution in [2.75, 3.05) is 40.0 Å². The summed E-state index contributed by atoms with van der Waals surface area (Å²) in [6, 6.07) is 0. The van der Waals surface area contributed by atoms with Gasteiger partial charge < -0.3 is 10.1 Å². The van der Waals surface area contributed by atoms with Gasteiger partial charge in [0.1, 0.15) is 0 Å². The molecule has 4 heteroatoms. The quantitative estimate of drug-likeness (QED) is 0.460. The Labute approximate surface area is 79.9 Å². The van der Waals surface area contributed by atoms with E-state index in [0.717, 1.165) is 19.0 Å². The van der Waals surface area contributed by atoms with Crippen LogP contribution in [0.25, 0.3) is 0 Å². The van der Waals surface area contributed by atoms with Crippen molar-refractivity contribution < 1.29 is 9.57 Å². The lowest BCUT2D eigenvalue weighted by Gasteiger charge is -2.22. The van der Waals surface area contributed by atoms with E-state index in [9.17, 15) is 0 Å². The van der Waals surface area contributed by atoms with Crippen LogP contribution in [0.4, 0.5) is 0 Å². The molecule has 0 spiro atoms. The molecule has 1 saturated heterocycles. The molecule has 0 aromatic heterocycles. The Balaban J connectivity index is 1.86. The van der Waals surface area contributed by atoms with Gasteiger partial charge in [0.2, 0.25) is 0 Å². The molecule has 1 atom stereocenters. The number of piperidine rings is 1. The van der Waals surface area contributed by atoms with Crippen LogP contribution < -0.4 is 10.8 Å². The Bertz CT molecular complexity index is 116. The van der Waals surface area contributed by atoms with E-state index in [0.29, 0.717) is 13.2 Å². The molecular formula is C9H20N2O2. The highest BCUT2D eigenvalue weighted by Crippen LogP contribution is 2.07. The van der Waals surface area contributed by atoms with Crippen molar-refractivity contribution in [2.24, 2.45) is 5.92 Å². The minimum Gasteiger partial charge on any atom is -0.382 e. The predicted molar refractivity (Wildman–Crippen MR) is 51.4 cm³/mol. The maximum atomic E-state index is 5.17. The number of hydrogen-bond acceptors (Lipinski definition) is 4. The van der Waals surface area contributed by atoms with Gasteiger partial charge in [-0.2, -0.15) is 0 Å².